The van der Waals surface area contributed by atoms with Crippen LogP contribution in [0.4, 0.5) is 0 Å². The van der Waals surface area contributed by atoms with Gasteiger partial charge in [-0.3, -0.25) is 4.98 Å². The van der Waals surface area contributed by atoms with Crippen molar-refractivity contribution in [3.63, 3.8) is 0 Å². The van der Waals surface area contributed by atoms with Gasteiger partial charge in [-0.15, -0.1) is 0 Å². The number of aryl methyl sites for hydroxylation is 3. The smallest absolute Gasteiger partial charge is 0.130 e. The first-order valence-corrected chi connectivity index (χ1v) is 7.85. The summed E-state index contributed by atoms with van der Waals surface area (Å²) in [6, 6.07) is 18.7. The second-order valence-electron chi connectivity index (χ2n) is 5.85. The molecule has 0 aliphatic carbocycles. The topological polar surface area (TPSA) is 22.1 Å². The first kappa shape index (κ1) is 15.3. The largest absolute Gasteiger partial charge is 0.487 e. The molecule has 1 heterocycles. The molecule has 23 heavy (non-hydrogen) atoms. The Balaban J connectivity index is 1.86. The zero-order chi connectivity index (χ0) is 16.2. The van der Waals surface area contributed by atoms with E-state index in [4.69, 9.17) is 4.74 Å². The summed E-state index contributed by atoms with van der Waals surface area (Å²) < 4.78 is 5.97. The van der Waals surface area contributed by atoms with Crippen LogP contribution in [0.3, 0.4) is 0 Å². The first-order valence-electron chi connectivity index (χ1n) is 7.85. The molecular weight excluding hydrogens is 282 g/mol. The van der Waals surface area contributed by atoms with Crippen LogP contribution in [0.5, 0.6) is 5.75 Å². The Bertz CT molecular complexity index is 824. The maximum atomic E-state index is 5.97. The number of rotatable bonds is 4. The molecule has 0 bridgehead atoms. The van der Waals surface area contributed by atoms with E-state index < -0.39 is 0 Å². The molecule has 0 N–H and O–H groups in total. The number of benzene rings is 2. The first-order chi connectivity index (χ1) is 11.1. The van der Waals surface area contributed by atoms with Gasteiger partial charge in [-0.25, -0.2) is 0 Å². The van der Waals surface area contributed by atoms with Crippen LogP contribution < -0.4 is 4.74 Å². The van der Waals surface area contributed by atoms with Gasteiger partial charge in [-0.2, -0.15) is 0 Å². The fraction of sp³-hybridized carbons (Fsp3) is 0.190. The molecule has 3 aromatic rings. The summed E-state index contributed by atoms with van der Waals surface area (Å²) in [5.41, 5.74) is 7.13. The molecule has 1 aromatic heterocycles. The van der Waals surface area contributed by atoms with E-state index in [0.29, 0.717) is 6.61 Å². The predicted molar refractivity (Wildman–Crippen MR) is 94.7 cm³/mol. The number of hydrogen-bond donors (Lipinski definition) is 0. The van der Waals surface area contributed by atoms with Crippen molar-refractivity contribution in [3.8, 4) is 16.9 Å². The van der Waals surface area contributed by atoms with Crippen LogP contribution in [0, 0.1) is 20.8 Å². The van der Waals surface area contributed by atoms with Gasteiger partial charge in [0.1, 0.15) is 12.4 Å². The van der Waals surface area contributed by atoms with Crippen molar-refractivity contribution in [1.82, 2.24) is 4.98 Å². The molecule has 2 heteroatoms. The Labute approximate surface area is 137 Å². The highest BCUT2D eigenvalue weighted by atomic mass is 16.5. The Morgan fingerprint density at radius 3 is 2.30 bits per heavy atom. The fourth-order valence-electron chi connectivity index (χ4n) is 2.68. The van der Waals surface area contributed by atoms with Crippen molar-refractivity contribution >= 4 is 0 Å². The van der Waals surface area contributed by atoms with Gasteiger partial charge in [0, 0.05) is 6.20 Å². The standard InChI is InChI=1S/C21H21NO/c1-15-7-4-5-9-19(15)20-13-18(11-10-16(20)2)23-14-21-17(3)8-6-12-22-21/h4-13H,14H2,1-3H3. The molecule has 0 saturated carbocycles. The third-order valence-corrected chi connectivity index (χ3v) is 4.14. The number of aromatic nitrogens is 1. The summed E-state index contributed by atoms with van der Waals surface area (Å²) in [5, 5.41) is 0. The zero-order valence-electron chi connectivity index (χ0n) is 13.8. The third kappa shape index (κ3) is 3.42. The van der Waals surface area contributed by atoms with E-state index in [-0.39, 0.29) is 0 Å². The van der Waals surface area contributed by atoms with Crippen LogP contribution in [-0.4, -0.2) is 4.98 Å². The van der Waals surface area contributed by atoms with Gasteiger partial charge in [0.2, 0.25) is 0 Å². The van der Waals surface area contributed by atoms with Crippen molar-refractivity contribution in [1.29, 1.82) is 0 Å². The highest BCUT2D eigenvalue weighted by molar-refractivity contribution is 5.71. The maximum Gasteiger partial charge on any atom is 0.130 e. The molecular formula is C21H21NO. The molecule has 0 saturated heterocycles. The summed E-state index contributed by atoms with van der Waals surface area (Å²) in [5.74, 6) is 0.874. The summed E-state index contributed by atoms with van der Waals surface area (Å²) in [4.78, 5) is 4.38. The number of hydrogen-bond acceptors (Lipinski definition) is 2. The predicted octanol–water partition coefficient (Wildman–Crippen LogP) is 5.25. The van der Waals surface area contributed by atoms with Gasteiger partial charge in [0.05, 0.1) is 5.69 Å². The van der Waals surface area contributed by atoms with Crippen molar-refractivity contribution < 1.29 is 4.74 Å². The molecule has 116 valence electrons. The SMILES string of the molecule is Cc1ccccc1-c1cc(OCc2ncccc2C)ccc1C. The summed E-state index contributed by atoms with van der Waals surface area (Å²) in [7, 11) is 0. The highest BCUT2D eigenvalue weighted by Gasteiger charge is 2.07. The Morgan fingerprint density at radius 1 is 0.783 bits per heavy atom. The van der Waals surface area contributed by atoms with Crippen LogP contribution in [0.1, 0.15) is 22.4 Å². The highest BCUT2D eigenvalue weighted by Crippen LogP contribution is 2.30. The van der Waals surface area contributed by atoms with Gasteiger partial charge in [-0.1, -0.05) is 36.4 Å². The van der Waals surface area contributed by atoms with Gasteiger partial charge < -0.3 is 4.74 Å². The van der Waals surface area contributed by atoms with Gasteiger partial charge in [-0.05, 0) is 66.8 Å². The van der Waals surface area contributed by atoms with E-state index >= 15 is 0 Å². The molecule has 0 fully saturated rings. The van der Waals surface area contributed by atoms with E-state index in [1.807, 2.05) is 12.1 Å². The average molecular weight is 303 g/mol. The second-order valence-corrected chi connectivity index (χ2v) is 5.85. The van der Waals surface area contributed by atoms with Gasteiger partial charge in [0.25, 0.3) is 0 Å². The molecule has 3 rings (SSSR count). The lowest BCUT2D eigenvalue weighted by Gasteiger charge is -2.13. The summed E-state index contributed by atoms with van der Waals surface area (Å²) in [6.45, 7) is 6.82. The normalized spacial score (nSPS) is 10.6. The lowest BCUT2D eigenvalue weighted by molar-refractivity contribution is 0.300. The maximum absolute atomic E-state index is 5.97. The minimum Gasteiger partial charge on any atom is -0.487 e. The summed E-state index contributed by atoms with van der Waals surface area (Å²) in [6.07, 6.45) is 1.81. The second kappa shape index (κ2) is 6.66. The van der Waals surface area contributed by atoms with E-state index in [1.165, 1.54) is 22.3 Å². The molecule has 0 amide bonds. The van der Waals surface area contributed by atoms with Crippen LogP contribution in [0.25, 0.3) is 11.1 Å². The molecule has 2 aromatic carbocycles. The summed E-state index contributed by atoms with van der Waals surface area (Å²) >= 11 is 0. The molecule has 0 unspecified atom stereocenters. The van der Waals surface area contributed by atoms with Gasteiger partial charge >= 0.3 is 0 Å². The molecule has 0 spiro atoms. The fourth-order valence-corrected chi connectivity index (χ4v) is 2.68. The van der Waals surface area contributed by atoms with Crippen molar-refractivity contribution in [2.24, 2.45) is 0 Å². The molecule has 0 radical (unpaired) electrons. The molecule has 0 atom stereocenters. The third-order valence-electron chi connectivity index (χ3n) is 4.14. The molecule has 0 aliphatic rings. The average Bonchev–Trinajstić information content (AvgIpc) is 2.56. The number of pyridine rings is 1. The van der Waals surface area contributed by atoms with E-state index in [1.54, 1.807) is 6.20 Å². The van der Waals surface area contributed by atoms with E-state index in [0.717, 1.165) is 17.0 Å². The Kier molecular flexibility index (Phi) is 4.42. The molecule has 0 aliphatic heterocycles. The Morgan fingerprint density at radius 2 is 1.52 bits per heavy atom. The van der Waals surface area contributed by atoms with Crippen LogP contribution in [0.2, 0.25) is 0 Å². The van der Waals surface area contributed by atoms with Crippen molar-refractivity contribution in [2.75, 3.05) is 0 Å². The van der Waals surface area contributed by atoms with Crippen LogP contribution in [-0.2, 0) is 6.61 Å². The van der Waals surface area contributed by atoms with Crippen LogP contribution in [0.15, 0.2) is 60.8 Å². The minimum absolute atomic E-state index is 0.489. The number of ether oxygens (including phenoxy) is 1. The van der Waals surface area contributed by atoms with Crippen molar-refractivity contribution in [3.05, 3.63) is 83.2 Å². The monoisotopic (exact) mass is 303 g/mol. The minimum atomic E-state index is 0.489. The lowest BCUT2D eigenvalue weighted by atomic mass is 9.96. The quantitative estimate of drug-likeness (QED) is 0.656. The Hall–Kier alpha value is -2.61. The molecule has 2 nitrogen and oxygen atoms in total. The van der Waals surface area contributed by atoms with Gasteiger partial charge in [0.15, 0.2) is 0 Å². The zero-order valence-corrected chi connectivity index (χ0v) is 13.8. The van der Waals surface area contributed by atoms with E-state index in [2.05, 4.69) is 68.2 Å². The number of nitrogens with zero attached hydrogens (tertiary/aromatic N) is 1. The lowest BCUT2D eigenvalue weighted by Crippen LogP contribution is -2.00. The van der Waals surface area contributed by atoms with E-state index in [9.17, 15) is 0 Å². The van der Waals surface area contributed by atoms with Crippen molar-refractivity contribution in [2.45, 2.75) is 27.4 Å². The van der Waals surface area contributed by atoms with Crippen LogP contribution >= 0.6 is 0 Å².